The van der Waals surface area contributed by atoms with E-state index in [9.17, 15) is 9.59 Å². The van der Waals surface area contributed by atoms with Crippen LogP contribution in [0.15, 0.2) is 142 Å². The molecule has 254 valence electrons. The number of hydrogen-bond donors (Lipinski definition) is 0. The van der Waals surface area contributed by atoms with Crippen molar-refractivity contribution in [3.05, 3.63) is 132 Å². The molecule has 0 amide bonds. The Hall–Kier alpha value is -6.16. The van der Waals surface area contributed by atoms with Gasteiger partial charge >= 0.3 is 11.9 Å². The average molecular weight is 669 g/mol. The number of azo groups is 2. The molecule has 10 heteroatoms. The number of rotatable bonds is 14. The van der Waals surface area contributed by atoms with Crippen molar-refractivity contribution in [2.45, 2.75) is 27.7 Å². The van der Waals surface area contributed by atoms with Gasteiger partial charge in [0.05, 0.1) is 33.9 Å². The average Bonchev–Trinajstić information content (AvgIpc) is 3.16. The third-order valence-corrected chi connectivity index (χ3v) is 7.97. The van der Waals surface area contributed by atoms with E-state index in [-0.39, 0.29) is 0 Å². The van der Waals surface area contributed by atoms with Crippen LogP contribution in [0.5, 0.6) is 11.5 Å². The number of nitrogens with zero attached hydrogens (tertiary/aromatic N) is 6. The molecule has 0 fully saturated rings. The first-order valence-corrected chi connectivity index (χ1v) is 16.7. The maximum atomic E-state index is 12.7. The van der Waals surface area contributed by atoms with Crippen LogP contribution in [0.25, 0.3) is 0 Å². The van der Waals surface area contributed by atoms with Gasteiger partial charge in [-0.2, -0.15) is 20.5 Å². The van der Waals surface area contributed by atoms with Crippen LogP contribution in [0.2, 0.25) is 0 Å². The van der Waals surface area contributed by atoms with Crippen molar-refractivity contribution in [3.63, 3.8) is 0 Å². The molecule has 0 radical (unpaired) electrons. The molecule has 0 aliphatic carbocycles. The van der Waals surface area contributed by atoms with E-state index in [0.717, 1.165) is 48.9 Å². The third-order valence-electron chi connectivity index (χ3n) is 7.97. The van der Waals surface area contributed by atoms with Gasteiger partial charge in [-0.15, -0.1) is 0 Å². The number of esters is 2. The van der Waals surface area contributed by atoms with Gasteiger partial charge in [0.1, 0.15) is 11.5 Å². The van der Waals surface area contributed by atoms with Crippen molar-refractivity contribution >= 4 is 46.1 Å². The summed E-state index contributed by atoms with van der Waals surface area (Å²) >= 11 is 0. The lowest BCUT2D eigenvalue weighted by atomic mass is 10.2. The Labute approximate surface area is 292 Å². The van der Waals surface area contributed by atoms with Crippen molar-refractivity contribution in [2.75, 3.05) is 36.0 Å². The van der Waals surface area contributed by atoms with Crippen LogP contribution in [0.1, 0.15) is 48.4 Å². The minimum absolute atomic E-state index is 0.309. The van der Waals surface area contributed by atoms with E-state index in [1.807, 2.05) is 48.5 Å². The van der Waals surface area contributed by atoms with Crippen LogP contribution in [0.3, 0.4) is 0 Å². The summed E-state index contributed by atoms with van der Waals surface area (Å²) in [6.45, 7) is 12.2. The SMILES string of the molecule is CCN(CC)c1ccc(N=Nc2ccc(C(=O)Oc3ccc(OC(=O)c4ccc(N=Nc5ccc(N(CC)CC)cc5)cc4)cc3)cc2)cc1. The first kappa shape index (κ1) is 35.2. The van der Waals surface area contributed by atoms with Crippen LogP contribution < -0.4 is 19.3 Å². The van der Waals surface area contributed by atoms with Crippen molar-refractivity contribution < 1.29 is 19.1 Å². The van der Waals surface area contributed by atoms with E-state index >= 15 is 0 Å². The molecule has 0 saturated heterocycles. The summed E-state index contributed by atoms with van der Waals surface area (Å²) in [4.78, 5) is 30.0. The summed E-state index contributed by atoms with van der Waals surface area (Å²) < 4.78 is 11.0. The molecule has 0 unspecified atom stereocenters. The first-order valence-electron chi connectivity index (χ1n) is 16.7. The molecule has 0 aliphatic heterocycles. The molecule has 0 aromatic heterocycles. The Morgan fingerprint density at radius 2 is 0.680 bits per heavy atom. The largest absolute Gasteiger partial charge is 0.423 e. The monoisotopic (exact) mass is 668 g/mol. The molecule has 0 atom stereocenters. The number of carbonyl (C=O) groups excluding carboxylic acids is 2. The van der Waals surface area contributed by atoms with E-state index < -0.39 is 11.9 Å². The van der Waals surface area contributed by atoms with Gasteiger partial charge < -0.3 is 19.3 Å². The lowest BCUT2D eigenvalue weighted by Gasteiger charge is -2.20. The number of anilines is 2. The lowest BCUT2D eigenvalue weighted by Crippen LogP contribution is -2.21. The summed E-state index contributed by atoms with van der Waals surface area (Å²) in [6, 6.07) is 35.4. The molecule has 0 spiro atoms. The van der Waals surface area contributed by atoms with E-state index in [2.05, 4.69) is 58.0 Å². The molecular weight excluding hydrogens is 628 g/mol. The quantitative estimate of drug-likeness (QED) is 0.0662. The Morgan fingerprint density at radius 3 is 0.940 bits per heavy atom. The first-order chi connectivity index (χ1) is 24.4. The topological polar surface area (TPSA) is 109 Å². The van der Waals surface area contributed by atoms with Crippen LogP contribution in [-0.2, 0) is 0 Å². The Kier molecular flexibility index (Phi) is 12.2. The van der Waals surface area contributed by atoms with Gasteiger partial charge in [0.25, 0.3) is 0 Å². The zero-order valence-electron chi connectivity index (χ0n) is 28.7. The fourth-order valence-electron chi connectivity index (χ4n) is 5.10. The van der Waals surface area contributed by atoms with Gasteiger partial charge in [-0.1, -0.05) is 0 Å². The lowest BCUT2D eigenvalue weighted by molar-refractivity contribution is 0.0719. The van der Waals surface area contributed by atoms with Crippen molar-refractivity contribution in [1.29, 1.82) is 0 Å². The van der Waals surface area contributed by atoms with Gasteiger partial charge in [0.2, 0.25) is 0 Å². The second kappa shape index (κ2) is 17.3. The van der Waals surface area contributed by atoms with Crippen molar-refractivity contribution in [2.24, 2.45) is 20.5 Å². The Morgan fingerprint density at radius 1 is 0.420 bits per heavy atom. The fraction of sp³-hybridized carbons (Fsp3) is 0.200. The molecule has 0 saturated carbocycles. The number of carbonyl (C=O) groups is 2. The molecular formula is C40H40N6O4. The van der Waals surface area contributed by atoms with E-state index in [4.69, 9.17) is 9.47 Å². The number of benzene rings is 5. The summed E-state index contributed by atoms with van der Waals surface area (Å²) in [5.41, 5.74) is 5.70. The van der Waals surface area contributed by atoms with Crippen LogP contribution in [0, 0.1) is 0 Å². The van der Waals surface area contributed by atoms with Gasteiger partial charge in [0.15, 0.2) is 0 Å². The highest BCUT2D eigenvalue weighted by Gasteiger charge is 2.12. The summed E-state index contributed by atoms with van der Waals surface area (Å²) in [7, 11) is 0. The summed E-state index contributed by atoms with van der Waals surface area (Å²) in [5.74, 6) is -0.438. The maximum absolute atomic E-state index is 12.7. The zero-order valence-corrected chi connectivity index (χ0v) is 28.7. The minimum atomic E-state index is -0.529. The molecule has 5 aromatic carbocycles. The molecule has 0 bridgehead atoms. The normalized spacial score (nSPS) is 11.1. The van der Waals surface area contributed by atoms with Crippen molar-refractivity contribution in [1.82, 2.24) is 0 Å². The van der Waals surface area contributed by atoms with E-state index in [1.54, 1.807) is 72.8 Å². The maximum Gasteiger partial charge on any atom is 0.343 e. The molecule has 50 heavy (non-hydrogen) atoms. The van der Waals surface area contributed by atoms with Gasteiger partial charge in [0, 0.05) is 37.6 Å². The highest BCUT2D eigenvalue weighted by Crippen LogP contribution is 2.25. The molecule has 5 aromatic rings. The van der Waals surface area contributed by atoms with Crippen LogP contribution >= 0.6 is 0 Å². The second-order valence-electron chi connectivity index (χ2n) is 11.1. The standard InChI is InChI=1S/C40H40N6O4/c1-5-45(6-2)35-21-17-33(18-22-35)43-41-31-13-9-29(10-14-31)39(47)49-37-25-27-38(28-26-37)50-40(48)30-11-15-32(16-12-30)42-44-34-19-23-36(24-20-34)46(7-3)8-4/h9-28H,5-8H2,1-4H3. The fourth-order valence-corrected chi connectivity index (χ4v) is 5.10. The predicted octanol–water partition coefficient (Wildman–Crippen LogP) is 10.6. The van der Waals surface area contributed by atoms with Gasteiger partial charge in [-0.3, -0.25) is 0 Å². The van der Waals surface area contributed by atoms with E-state index in [1.165, 1.54) is 0 Å². The molecule has 5 rings (SSSR count). The molecule has 0 aliphatic rings. The summed E-state index contributed by atoms with van der Waals surface area (Å²) in [5, 5.41) is 17.1. The van der Waals surface area contributed by atoms with Crippen LogP contribution in [0.4, 0.5) is 34.1 Å². The zero-order chi connectivity index (χ0) is 35.3. The van der Waals surface area contributed by atoms with Gasteiger partial charge in [-0.25, -0.2) is 9.59 Å². The second-order valence-corrected chi connectivity index (χ2v) is 11.1. The molecule has 10 nitrogen and oxygen atoms in total. The van der Waals surface area contributed by atoms with Gasteiger partial charge in [-0.05, 0) is 149 Å². The molecule has 0 N–H and O–H groups in total. The smallest absolute Gasteiger partial charge is 0.343 e. The van der Waals surface area contributed by atoms with E-state index in [0.29, 0.717) is 34.0 Å². The highest BCUT2D eigenvalue weighted by atomic mass is 16.5. The third kappa shape index (κ3) is 9.47. The number of hydrogen-bond acceptors (Lipinski definition) is 10. The number of ether oxygens (including phenoxy) is 2. The highest BCUT2D eigenvalue weighted by molar-refractivity contribution is 5.92. The Bertz CT molecular complexity index is 1760. The van der Waals surface area contributed by atoms with Crippen molar-refractivity contribution in [3.8, 4) is 11.5 Å². The molecule has 0 heterocycles. The summed E-state index contributed by atoms with van der Waals surface area (Å²) in [6.07, 6.45) is 0. The Balaban J connectivity index is 1.10. The van der Waals surface area contributed by atoms with Crippen LogP contribution in [-0.4, -0.2) is 38.1 Å². The minimum Gasteiger partial charge on any atom is -0.423 e. The predicted molar refractivity (Wildman–Crippen MR) is 198 cm³/mol.